The van der Waals surface area contributed by atoms with Crippen molar-refractivity contribution in [2.24, 2.45) is 7.05 Å². The van der Waals surface area contributed by atoms with Crippen LogP contribution in [0.3, 0.4) is 0 Å². The van der Waals surface area contributed by atoms with Crippen LogP contribution in [0.4, 0.5) is 15.8 Å². The highest BCUT2D eigenvalue weighted by molar-refractivity contribution is 5.84. The van der Waals surface area contributed by atoms with Crippen molar-refractivity contribution in [1.29, 1.82) is 0 Å². The largest absolute Gasteiger partial charge is 0.422 e. The van der Waals surface area contributed by atoms with Crippen molar-refractivity contribution in [3.8, 4) is 0 Å². The maximum absolute atomic E-state index is 15.6. The van der Waals surface area contributed by atoms with Crippen LogP contribution in [0, 0.1) is 5.82 Å². The molecule has 288 valence electrons. The SMILES string of the molecule is CCCCN(CCCC)CCCn1cc(CN2CCN(c3cc4c(ccc(/C=C/c5cc6ccc(N(CC)CC)cc6oc5=O)[n+]4C)cc3F)CC2)nn1. The Labute approximate surface area is 319 Å². The Kier molecular flexibility index (Phi) is 13.5. The number of hydrogen-bond acceptors (Lipinski definition) is 8. The molecule has 5 aromatic rings. The molecule has 0 saturated carbocycles. The lowest BCUT2D eigenvalue weighted by Gasteiger charge is -2.35. The first-order valence-corrected chi connectivity index (χ1v) is 20.0. The third-order valence-electron chi connectivity index (χ3n) is 10.8. The first-order chi connectivity index (χ1) is 26.3. The Morgan fingerprint density at radius 3 is 2.31 bits per heavy atom. The summed E-state index contributed by atoms with van der Waals surface area (Å²) in [7, 11) is 1.97. The van der Waals surface area contributed by atoms with E-state index in [1.165, 1.54) is 38.8 Å². The summed E-state index contributed by atoms with van der Waals surface area (Å²) in [6.45, 7) is 18.6. The van der Waals surface area contributed by atoms with Crippen molar-refractivity contribution < 1.29 is 13.4 Å². The van der Waals surface area contributed by atoms with Gasteiger partial charge in [-0.25, -0.2) is 9.18 Å². The fourth-order valence-corrected chi connectivity index (χ4v) is 7.47. The van der Waals surface area contributed by atoms with Crippen molar-refractivity contribution in [3.05, 3.63) is 87.9 Å². The molecule has 6 rings (SSSR count). The van der Waals surface area contributed by atoms with Gasteiger partial charge >= 0.3 is 5.63 Å². The predicted molar refractivity (Wildman–Crippen MR) is 218 cm³/mol. The summed E-state index contributed by atoms with van der Waals surface area (Å²) >= 11 is 0. The highest BCUT2D eigenvalue weighted by atomic mass is 19.1. The van der Waals surface area contributed by atoms with E-state index in [-0.39, 0.29) is 11.4 Å². The molecular formula is C43H58FN8O2+. The van der Waals surface area contributed by atoms with E-state index in [9.17, 15) is 4.79 Å². The molecule has 0 bridgehead atoms. The maximum Gasteiger partial charge on any atom is 0.343 e. The number of hydrogen-bond donors (Lipinski definition) is 0. The molecule has 3 aromatic heterocycles. The van der Waals surface area contributed by atoms with Crippen molar-refractivity contribution in [2.75, 3.05) is 68.7 Å². The third kappa shape index (κ3) is 9.54. The number of aryl methyl sites for hydroxylation is 2. The Bertz CT molecular complexity index is 2070. The topological polar surface area (TPSA) is 77.8 Å². The van der Waals surface area contributed by atoms with Crippen LogP contribution >= 0.6 is 0 Å². The average molecular weight is 738 g/mol. The van der Waals surface area contributed by atoms with Gasteiger partial charge in [-0.1, -0.05) is 31.9 Å². The van der Waals surface area contributed by atoms with Crippen LogP contribution in [0.2, 0.25) is 0 Å². The normalized spacial score (nSPS) is 14.0. The smallest absolute Gasteiger partial charge is 0.343 e. The molecule has 54 heavy (non-hydrogen) atoms. The van der Waals surface area contributed by atoms with E-state index in [4.69, 9.17) is 4.42 Å². The molecule has 0 radical (unpaired) electrons. The van der Waals surface area contributed by atoms with Crippen LogP contribution in [0.15, 0.2) is 63.9 Å². The predicted octanol–water partition coefficient (Wildman–Crippen LogP) is 7.13. The lowest BCUT2D eigenvalue weighted by molar-refractivity contribution is -0.646. The van der Waals surface area contributed by atoms with E-state index < -0.39 is 0 Å². The first kappa shape index (κ1) is 39.1. The third-order valence-corrected chi connectivity index (χ3v) is 10.8. The van der Waals surface area contributed by atoms with Crippen molar-refractivity contribution in [1.82, 2.24) is 24.8 Å². The standard InChI is InChI=1S/C43H58FN8O2/c1-6-10-19-48(20-11-7-2)21-12-22-52-32-36(45-46-52)31-49-23-25-51(26-24-49)41-30-40-33(28-39(41)44)13-16-37(47(40)5)17-15-35-27-34-14-18-38(50(8-3)9-4)29-42(34)54-43(35)53/h13-18,27-30,32H,6-12,19-26,31H2,1-5H3/q+1. The van der Waals surface area contributed by atoms with Gasteiger partial charge in [0.15, 0.2) is 0 Å². The van der Waals surface area contributed by atoms with E-state index in [0.29, 0.717) is 16.8 Å². The summed E-state index contributed by atoms with van der Waals surface area (Å²) in [5.41, 5.74) is 5.10. The second-order valence-electron chi connectivity index (χ2n) is 14.5. The quantitative estimate of drug-likeness (QED) is 0.0695. The number of unbranched alkanes of at least 4 members (excludes halogenated alkanes) is 2. The van der Waals surface area contributed by atoms with E-state index in [2.05, 4.69) is 69.9 Å². The Hall–Kier alpha value is -4.61. The number of nitrogens with zero attached hydrogens (tertiary/aromatic N) is 8. The number of anilines is 2. The van der Waals surface area contributed by atoms with E-state index in [1.807, 2.05) is 58.8 Å². The molecule has 4 heterocycles. The van der Waals surface area contributed by atoms with Gasteiger partial charge in [0.1, 0.15) is 18.4 Å². The summed E-state index contributed by atoms with van der Waals surface area (Å²) in [5.74, 6) is -0.219. The van der Waals surface area contributed by atoms with Gasteiger partial charge in [-0.3, -0.25) is 9.58 Å². The Morgan fingerprint density at radius 2 is 1.59 bits per heavy atom. The molecular weight excluding hydrogens is 680 g/mol. The van der Waals surface area contributed by atoms with Gasteiger partial charge in [-0.05, 0) is 89.2 Å². The van der Waals surface area contributed by atoms with Crippen molar-refractivity contribution >= 4 is 45.4 Å². The number of benzene rings is 2. The second kappa shape index (κ2) is 18.6. The molecule has 0 N–H and O–H groups in total. The van der Waals surface area contributed by atoms with Gasteiger partial charge in [-0.2, -0.15) is 4.57 Å². The lowest BCUT2D eigenvalue weighted by atomic mass is 10.1. The molecule has 0 atom stereocenters. The first-order valence-electron chi connectivity index (χ1n) is 20.0. The summed E-state index contributed by atoms with van der Waals surface area (Å²) in [4.78, 5) is 22.3. The summed E-state index contributed by atoms with van der Waals surface area (Å²) in [6.07, 6.45) is 11.8. The van der Waals surface area contributed by atoms with Crippen LogP contribution in [0.1, 0.15) is 76.8 Å². The molecule has 2 aromatic carbocycles. The minimum atomic E-state index is -0.380. The monoisotopic (exact) mass is 737 g/mol. The molecule has 0 unspecified atom stereocenters. The van der Waals surface area contributed by atoms with E-state index >= 15 is 4.39 Å². The minimum absolute atomic E-state index is 0.219. The number of aromatic nitrogens is 4. The molecule has 1 fully saturated rings. The van der Waals surface area contributed by atoms with Crippen LogP contribution in [-0.2, 0) is 20.1 Å². The fraction of sp³-hybridized carbons (Fsp3) is 0.488. The zero-order valence-electron chi connectivity index (χ0n) is 32.9. The van der Waals surface area contributed by atoms with Crippen LogP contribution in [0.25, 0.3) is 34.0 Å². The second-order valence-corrected chi connectivity index (χ2v) is 14.5. The summed E-state index contributed by atoms with van der Waals surface area (Å²) in [5, 5.41) is 10.6. The van der Waals surface area contributed by atoms with Crippen LogP contribution < -0.4 is 20.0 Å². The zero-order valence-corrected chi connectivity index (χ0v) is 32.9. The Morgan fingerprint density at radius 1 is 0.870 bits per heavy atom. The molecule has 0 aliphatic carbocycles. The highest BCUT2D eigenvalue weighted by Crippen LogP contribution is 2.27. The molecule has 1 aliphatic rings. The number of pyridine rings is 1. The van der Waals surface area contributed by atoms with Gasteiger partial charge in [0.2, 0.25) is 11.2 Å². The summed E-state index contributed by atoms with van der Waals surface area (Å²) in [6, 6.07) is 15.3. The molecule has 10 nitrogen and oxygen atoms in total. The minimum Gasteiger partial charge on any atom is -0.422 e. The zero-order chi connectivity index (χ0) is 38.0. The fourth-order valence-electron chi connectivity index (χ4n) is 7.47. The van der Waals surface area contributed by atoms with Crippen LogP contribution in [-0.4, -0.2) is 83.7 Å². The Balaban J connectivity index is 1.07. The number of halogens is 1. The lowest BCUT2D eigenvalue weighted by Crippen LogP contribution is -2.46. The van der Waals surface area contributed by atoms with Gasteiger partial charge in [0.05, 0.1) is 16.9 Å². The average Bonchev–Trinajstić information content (AvgIpc) is 3.63. The number of piperazine rings is 1. The van der Waals surface area contributed by atoms with Crippen molar-refractivity contribution in [3.63, 3.8) is 0 Å². The highest BCUT2D eigenvalue weighted by Gasteiger charge is 2.23. The number of fused-ring (bicyclic) bond motifs is 2. The molecule has 1 saturated heterocycles. The van der Waals surface area contributed by atoms with Crippen LogP contribution in [0.5, 0.6) is 0 Å². The van der Waals surface area contributed by atoms with Gasteiger partial charge in [-0.15, -0.1) is 5.10 Å². The van der Waals surface area contributed by atoms with Gasteiger partial charge < -0.3 is 19.1 Å². The molecule has 11 heteroatoms. The summed E-state index contributed by atoms with van der Waals surface area (Å²) < 4.78 is 25.3. The van der Waals surface area contributed by atoms with Gasteiger partial charge in [0.25, 0.3) is 0 Å². The molecule has 0 spiro atoms. The van der Waals surface area contributed by atoms with E-state index in [0.717, 1.165) is 98.7 Å². The maximum atomic E-state index is 15.6. The van der Waals surface area contributed by atoms with E-state index in [1.54, 1.807) is 12.1 Å². The number of rotatable bonds is 18. The van der Waals surface area contributed by atoms with Crippen molar-refractivity contribution in [2.45, 2.75) is 72.9 Å². The van der Waals surface area contributed by atoms with Gasteiger partial charge in [0, 0.05) is 99.3 Å². The molecule has 0 amide bonds. The molecule has 1 aliphatic heterocycles.